The molecule has 0 aliphatic heterocycles. The van der Waals surface area contributed by atoms with Crippen LogP contribution in [0.3, 0.4) is 0 Å². The maximum absolute atomic E-state index is 12.8. The Labute approximate surface area is 163 Å². The maximum atomic E-state index is 12.8. The van der Waals surface area contributed by atoms with Crippen LogP contribution in [0.2, 0.25) is 0 Å². The van der Waals surface area contributed by atoms with Crippen molar-refractivity contribution in [2.24, 2.45) is 0 Å². The van der Waals surface area contributed by atoms with Gasteiger partial charge in [0.1, 0.15) is 5.75 Å². The zero-order valence-electron chi connectivity index (χ0n) is 15.9. The highest BCUT2D eigenvalue weighted by atomic mass is 16.5. The van der Waals surface area contributed by atoms with E-state index in [0.717, 1.165) is 22.2 Å². The molecule has 3 rings (SSSR count). The van der Waals surface area contributed by atoms with Crippen LogP contribution in [0.4, 0.5) is 0 Å². The van der Waals surface area contributed by atoms with Crippen LogP contribution in [0.25, 0.3) is 22.2 Å². The van der Waals surface area contributed by atoms with Crippen molar-refractivity contribution in [3.8, 4) is 17.0 Å². The Morgan fingerprint density at radius 3 is 2.50 bits per heavy atom. The van der Waals surface area contributed by atoms with Gasteiger partial charge in [-0.25, -0.2) is 4.98 Å². The molecule has 0 spiro atoms. The normalized spacial score (nSPS) is 10.5. The van der Waals surface area contributed by atoms with Gasteiger partial charge in [-0.3, -0.25) is 9.59 Å². The summed E-state index contributed by atoms with van der Waals surface area (Å²) in [7, 11) is 2.97. The van der Waals surface area contributed by atoms with Crippen molar-refractivity contribution in [1.82, 2.24) is 10.3 Å². The van der Waals surface area contributed by atoms with Crippen LogP contribution in [0.5, 0.6) is 5.75 Å². The summed E-state index contributed by atoms with van der Waals surface area (Å²) in [6, 6.07) is 16.9. The Morgan fingerprint density at radius 1 is 1.04 bits per heavy atom. The molecular formula is C22H22N2O4. The summed E-state index contributed by atoms with van der Waals surface area (Å²) in [5, 5.41) is 3.66. The molecule has 6 heteroatoms. The second-order valence-corrected chi connectivity index (χ2v) is 6.24. The van der Waals surface area contributed by atoms with E-state index >= 15 is 0 Å². The van der Waals surface area contributed by atoms with E-state index in [0.29, 0.717) is 24.2 Å². The van der Waals surface area contributed by atoms with Crippen LogP contribution < -0.4 is 10.1 Å². The SMILES string of the molecule is COC(=O)CCCNC(=O)c1cc(-c2ccc(OC)cc2)nc2ccccc12. The monoisotopic (exact) mass is 378 g/mol. The third-order valence-corrected chi connectivity index (χ3v) is 4.42. The number of aromatic nitrogens is 1. The van der Waals surface area contributed by atoms with E-state index in [1.165, 1.54) is 7.11 Å². The lowest BCUT2D eigenvalue weighted by atomic mass is 10.0. The predicted octanol–water partition coefficient (Wildman–Crippen LogP) is 3.59. The molecule has 1 aromatic heterocycles. The molecule has 0 atom stereocenters. The van der Waals surface area contributed by atoms with Crippen molar-refractivity contribution in [2.45, 2.75) is 12.8 Å². The second kappa shape index (κ2) is 8.99. The first-order valence-electron chi connectivity index (χ1n) is 9.01. The van der Waals surface area contributed by atoms with Crippen LogP contribution in [0.15, 0.2) is 54.6 Å². The minimum Gasteiger partial charge on any atom is -0.497 e. The summed E-state index contributed by atoms with van der Waals surface area (Å²) in [6.45, 7) is 0.391. The lowest BCUT2D eigenvalue weighted by Gasteiger charge is -2.11. The Hall–Kier alpha value is -3.41. The average Bonchev–Trinajstić information content (AvgIpc) is 2.75. The summed E-state index contributed by atoms with van der Waals surface area (Å²) in [5.41, 5.74) is 2.90. The van der Waals surface area contributed by atoms with Gasteiger partial charge in [0.25, 0.3) is 5.91 Å². The average molecular weight is 378 g/mol. The molecule has 0 bridgehead atoms. The fourth-order valence-electron chi connectivity index (χ4n) is 2.90. The number of hydrogen-bond acceptors (Lipinski definition) is 5. The molecular weight excluding hydrogens is 356 g/mol. The lowest BCUT2D eigenvalue weighted by molar-refractivity contribution is -0.140. The van der Waals surface area contributed by atoms with Crippen molar-refractivity contribution in [3.63, 3.8) is 0 Å². The second-order valence-electron chi connectivity index (χ2n) is 6.24. The zero-order valence-corrected chi connectivity index (χ0v) is 15.9. The van der Waals surface area contributed by atoms with Gasteiger partial charge in [-0.1, -0.05) is 18.2 Å². The Morgan fingerprint density at radius 2 is 1.79 bits per heavy atom. The first kappa shape index (κ1) is 19.4. The lowest BCUT2D eigenvalue weighted by Crippen LogP contribution is -2.25. The molecule has 2 aromatic carbocycles. The van der Waals surface area contributed by atoms with Gasteiger partial charge >= 0.3 is 5.97 Å². The van der Waals surface area contributed by atoms with Crippen LogP contribution in [0, 0.1) is 0 Å². The number of rotatable bonds is 7. The number of nitrogens with zero attached hydrogens (tertiary/aromatic N) is 1. The fourth-order valence-corrected chi connectivity index (χ4v) is 2.90. The van der Waals surface area contributed by atoms with Gasteiger partial charge in [-0.15, -0.1) is 0 Å². The first-order chi connectivity index (χ1) is 13.6. The molecule has 0 fully saturated rings. The molecule has 1 N–H and O–H groups in total. The van der Waals surface area contributed by atoms with Gasteiger partial charge < -0.3 is 14.8 Å². The number of hydrogen-bond donors (Lipinski definition) is 1. The Kier molecular flexibility index (Phi) is 6.22. The number of carbonyl (C=O) groups excluding carboxylic acids is 2. The van der Waals surface area contributed by atoms with Gasteiger partial charge in [-0.2, -0.15) is 0 Å². The third-order valence-electron chi connectivity index (χ3n) is 4.42. The molecule has 28 heavy (non-hydrogen) atoms. The smallest absolute Gasteiger partial charge is 0.305 e. The molecule has 0 saturated heterocycles. The fraction of sp³-hybridized carbons (Fsp3) is 0.227. The third kappa shape index (κ3) is 4.46. The van der Waals surface area contributed by atoms with Crippen LogP contribution in [-0.2, 0) is 9.53 Å². The van der Waals surface area contributed by atoms with Crippen molar-refractivity contribution in [2.75, 3.05) is 20.8 Å². The Bertz CT molecular complexity index is 983. The molecule has 0 unspecified atom stereocenters. The number of benzene rings is 2. The summed E-state index contributed by atoms with van der Waals surface area (Å²) >= 11 is 0. The Balaban J connectivity index is 1.87. The standard InChI is InChI=1S/C22H22N2O4/c1-27-16-11-9-15(10-12-16)20-14-18(17-6-3-4-7-19(17)24-20)22(26)23-13-5-8-21(25)28-2/h3-4,6-7,9-12,14H,5,8,13H2,1-2H3,(H,23,26). The molecule has 1 amide bonds. The molecule has 0 saturated carbocycles. The minimum atomic E-state index is -0.287. The number of para-hydroxylation sites is 1. The van der Waals surface area contributed by atoms with Crippen molar-refractivity contribution in [1.29, 1.82) is 0 Å². The van der Waals surface area contributed by atoms with E-state index in [1.807, 2.05) is 48.5 Å². The molecule has 6 nitrogen and oxygen atoms in total. The molecule has 0 aliphatic carbocycles. The topological polar surface area (TPSA) is 77.5 Å². The number of nitrogens with one attached hydrogen (secondary N) is 1. The van der Waals surface area contributed by atoms with E-state index in [1.54, 1.807) is 13.2 Å². The van der Waals surface area contributed by atoms with Crippen LogP contribution in [0.1, 0.15) is 23.2 Å². The number of pyridine rings is 1. The van der Waals surface area contributed by atoms with Gasteiger partial charge in [0.05, 0.1) is 31.0 Å². The van der Waals surface area contributed by atoms with Gasteiger partial charge in [0.15, 0.2) is 0 Å². The number of amides is 1. The highest BCUT2D eigenvalue weighted by molar-refractivity contribution is 6.07. The van der Waals surface area contributed by atoms with Crippen molar-refractivity contribution >= 4 is 22.8 Å². The molecule has 0 radical (unpaired) electrons. The summed E-state index contributed by atoms with van der Waals surface area (Å²) in [6.07, 6.45) is 0.789. The number of methoxy groups -OCH3 is 2. The van der Waals surface area contributed by atoms with E-state index in [9.17, 15) is 9.59 Å². The van der Waals surface area contributed by atoms with E-state index in [4.69, 9.17) is 9.72 Å². The molecule has 144 valence electrons. The van der Waals surface area contributed by atoms with Crippen molar-refractivity contribution < 1.29 is 19.1 Å². The number of carbonyl (C=O) groups is 2. The van der Waals surface area contributed by atoms with Crippen LogP contribution >= 0.6 is 0 Å². The first-order valence-corrected chi connectivity index (χ1v) is 9.01. The van der Waals surface area contributed by atoms with Crippen LogP contribution in [-0.4, -0.2) is 37.6 Å². The molecule has 3 aromatic rings. The van der Waals surface area contributed by atoms with Gasteiger partial charge in [0, 0.05) is 23.9 Å². The highest BCUT2D eigenvalue weighted by Gasteiger charge is 2.14. The quantitative estimate of drug-likeness (QED) is 0.502. The predicted molar refractivity (Wildman–Crippen MR) is 107 cm³/mol. The van der Waals surface area contributed by atoms with E-state index in [-0.39, 0.29) is 18.3 Å². The highest BCUT2D eigenvalue weighted by Crippen LogP contribution is 2.26. The summed E-state index contributed by atoms with van der Waals surface area (Å²) < 4.78 is 9.81. The number of fused-ring (bicyclic) bond motifs is 1. The van der Waals surface area contributed by atoms with E-state index < -0.39 is 0 Å². The van der Waals surface area contributed by atoms with E-state index in [2.05, 4.69) is 10.1 Å². The number of esters is 1. The minimum absolute atomic E-state index is 0.196. The molecule has 1 heterocycles. The number of ether oxygens (including phenoxy) is 2. The maximum Gasteiger partial charge on any atom is 0.305 e. The molecule has 0 aliphatic rings. The largest absolute Gasteiger partial charge is 0.497 e. The zero-order chi connectivity index (χ0) is 19.9. The summed E-state index contributed by atoms with van der Waals surface area (Å²) in [5.74, 6) is 0.275. The van der Waals surface area contributed by atoms with Gasteiger partial charge in [0.2, 0.25) is 0 Å². The summed E-state index contributed by atoms with van der Waals surface area (Å²) in [4.78, 5) is 28.7. The van der Waals surface area contributed by atoms with Crippen molar-refractivity contribution in [3.05, 3.63) is 60.2 Å². The van der Waals surface area contributed by atoms with Gasteiger partial charge in [-0.05, 0) is 42.8 Å².